The molecule has 0 fully saturated rings. The van der Waals surface area contributed by atoms with Gasteiger partial charge in [0.15, 0.2) is 6.61 Å². The van der Waals surface area contributed by atoms with Crippen LogP contribution in [0.15, 0.2) is 47.2 Å². The number of aromatic nitrogens is 1. The van der Waals surface area contributed by atoms with E-state index in [1.165, 1.54) is 0 Å². The molecule has 1 N–H and O–H groups in total. The van der Waals surface area contributed by atoms with Gasteiger partial charge in [0.25, 0.3) is 5.91 Å². The summed E-state index contributed by atoms with van der Waals surface area (Å²) in [6, 6.07) is 9.35. The summed E-state index contributed by atoms with van der Waals surface area (Å²) in [4.78, 5) is 15.7. The van der Waals surface area contributed by atoms with Crippen LogP contribution in [0.25, 0.3) is 0 Å². The van der Waals surface area contributed by atoms with E-state index in [-0.39, 0.29) is 12.5 Å². The second-order valence-corrected chi connectivity index (χ2v) is 4.91. The first-order valence-corrected chi connectivity index (χ1v) is 6.53. The van der Waals surface area contributed by atoms with Gasteiger partial charge in [0.1, 0.15) is 5.75 Å². The number of nitrogens with zero attached hydrogens (tertiary/aromatic N) is 1. The first kappa shape index (κ1) is 13.5. The summed E-state index contributed by atoms with van der Waals surface area (Å²) >= 11 is 3.29. The Bertz CT molecular complexity index is 587. The number of rotatable bonds is 4. The lowest BCUT2D eigenvalue weighted by molar-refractivity contribution is -0.118. The normalized spacial score (nSPS) is 10.0. The van der Waals surface area contributed by atoms with Gasteiger partial charge in [-0.2, -0.15) is 0 Å². The van der Waals surface area contributed by atoms with Gasteiger partial charge in [-0.05, 0) is 40.5 Å². The molecule has 0 spiro atoms. The molecule has 98 valence electrons. The van der Waals surface area contributed by atoms with Crippen LogP contribution >= 0.6 is 15.9 Å². The van der Waals surface area contributed by atoms with Gasteiger partial charge in [0.2, 0.25) is 0 Å². The maximum absolute atomic E-state index is 11.8. The van der Waals surface area contributed by atoms with E-state index < -0.39 is 0 Å². The average Bonchev–Trinajstić information content (AvgIpc) is 2.39. The Morgan fingerprint density at radius 1 is 1.37 bits per heavy atom. The van der Waals surface area contributed by atoms with Crippen LogP contribution in [0.3, 0.4) is 0 Å². The number of nitrogens with one attached hydrogen (secondary N) is 1. The average molecular weight is 321 g/mol. The fraction of sp³-hybridized carbons (Fsp3) is 0.143. The number of halogens is 1. The van der Waals surface area contributed by atoms with E-state index in [0.717, 1.165) is 15.7 Å². The molecule has 0 radical (unpaired) electrons. The predicted octanol–water partition coefficient (Wildman–Crippen LogP) is 3.17. The largest absolute Gasteiger partial charge is 0.482 e. The third kappa shape index (κ3) is 4.06. The Morgan fingerprint density at radius 2 is 2.16 bits per heavy atom. The monoisotopic (exact) mass is 320 g/mol. The van der Waals surface area contributed by atoms with Gasteiger partial charge in [0, 0.05) is 16.4 Å². The highest BCUT2D eigenvalue weighted by molar-refractivity contribution is 9.10. The van der Waals surface area contributed by atoms with Crippen LogP contribution in [-0.2, 0) is 4.79 Å². The highest BCUT2D eigenvalue weighted by Crippen LogP contribution is 2.16. The van der Waals surface area contributed by atoms with Gasteiger partial charge in [-0.1, -0.05) is 18.2 Å². The number of hydrogen-bond acceptors (Lipinski definition) is 3. The summed E-state index contributed by atoms with van der Waals surface area (Å²) < 4.78 is 6.17. The number of aryl methyl sites for hydroxylation is 1. The quantitative estimate of drug-likeness (QED) is 0.941. The fourth-order valence-electron chi connectivity index (χ4n) is 1.52. The Hall–Kier alpha value is -1.88. The molecule has 0 aliphatic heterocycles. The molecule has 0 saturated heterocycles. The molecule has 5 heteroatoms. The minimum Gasteiger partial charge on any atom is -0.482 e. The van der Waals surface area contributed by atoms with Crippen molar-refractivity contribution in [2.45, 2.75) is 6.92 Å². The summed E-state index contributed by atoms with van der Waals surface area (Å²) in [6.07, 6.45) is 3.21. The molecule has 0 atom stereocenters. The first-order chi connectivity index (χ1) is 9.15. The number of para-hydroxylation sites is 1. The van der Waals surface area contributed by atoms with Crippen molar-refractivity contribution >= 4 is 27.5 Å². The molecule has 19 heavy (non-hydrogen) atoms. The van der Waals surface area contributed by atoms with E-state index in [0.29, 0.717) is 5.75 Å². The predicted molar refractivity (Wildman–Crippen MR) is 77.2 cm³/mol. The van der Waals surface area contributed by atoms with Crippen molar-refractivity contribution in [2.24, 2.45) is 0 Å². The summed E-state index contributed by atoms with van der Waals surface area (Å²) in [6.45, 7) is 1.89. The molecule has 1 aromatic carbocycles. The van der Waals surface area contributed by atoms with Crippen molar-refractivity contribution < 1.29 is 9.53 Å². The van der Waals surface area contributed by atoms with Crippen molar-refractivity contribution in [1.29, 1.82) is 0 Å². The minimum atomic E-state index is -0.200. The molecular weight excluding hydrogens is 308 g/mol. The van der Waals surface area contributed by atoms with E-state index in [2.05, 4.69) is 26.2 Å². The first-order valence-electron chi connectivity index (χ1n) is 5.74. The van der Waals surface area contributed by atoms with Crippen molar-refractivity contribution in [1.82, 2.24) is 4.98 Å². The van der Waals surface area contributed by atoms with Crippen molar-refractivity contribution in [2.75, 3.05) is 11.9 Å². The lowest BCUT2D eigenvalue weighted by Crippen LogP contribution is -2.20. The number of amides is 1. The highest BCUT2D eigenvalue weighted by atomic mass is 79.9. The van der Waals surface area contributed by atoms with Crippen LogP contribution in [0.4, 0.5) is 5.69 Å². The van der Waals surface area contributed by atoms with E-state index in [1.807, 2.05) is 31.2 Å². The second-order valence-electron chi connectivity index (χ2n) is 3.99. The number of anilines is 1. The topological polar surface area (TPSA) is 51.2 Å². The van der Waals surface area contributed by atoms with Gasteiger partial charge >= 0.3 is 0 Å². The van der Waals surface area contributed by atoms with E-state index >= 15 is 0 Å². The molecule has 0 saturated carbocycles. The van der Waals surface area contributed by atoms with Crippen LogP contribution in [0.2, 0.25) is 0 Å². The molecule has 2 aromatic rings. The molecule has 0 bridgehead atoms. The lowest BCUT2D eigenvalue weighted by atomic mass is 10.2. The zero-order chi connectivity index (χ0) is 13.7. The summed E-state index contributed by atoms with van der Waals surface area (Å²) in [5.74, 6) is 0.351. The Morgan fingerprint density at radius 3 is 2.89 bits per heavy atom. The molecular formula is C14H13BrN2O2. The molecule has 0 aliphatic carbocycles. The van der Waals surface area contributed by atoms with Crippen LogP contribution in [0.1, 0.15) is 5.56 Å². The smallest absolute Gasteiger partial charge is 0.262 e. The van der Waals surface area contributed by atoms with Crippen LogP contribution in [0, 0.1) is 6.92 Å². The molecule has 0 unspecified atom stereocenters. The molecule has 0 aliphatic rings. The lowest BCUT2D eigenvalue weighted by Gasteiger charge is -2.09. The zero-order valence-electron chi connectivity index (χ0n) is 10.4. The summed E-state index contributed by atoms with van der Waals surface area (Å²) in [7, 11) is 0. The van der Waals surface area contributed by atoms with Crippen LogP contribution in [0.5, 0.6) is 5.75 Å². The van der Waals surface area contributed by atoms with Gasteiger partial charge < -0.3 is 10.1 Å². The number of hydrogen-bond donors (Lipinski definition) is 1. The molecule has 4 nitrogen and oxygen atoms in total. The van der Waals surface area contributed by atoms with E-state index in [9.17, 15) is 4.79 Å². The molecule has 1 aromatic heterocycles. The Labute approximate surface area is 119 Å². The van der Waals surface area contributed by atoms with Gasteiger partial charge in [-0.25, -0.2) is 0 Å². The van der Waals surface area contributed by atoms with Crippen molar-refractivity contribution in [3.8, 4) is 5.75 Å². The molecule has 2 rings (SSSR count). The SMILES string of the molecule is Cc1ccccc1NC(=O)COc1cncc(Br)c1. The number of pyridine rings is 1. The molecule has 1 amide bonds. The third-order valence-electron chi connectivity index (χ3n) is 2.47. The van der Waals surface area contributed by atoms with Crippen molar-refractivity contribution in [3.05, 3.63) is 52.8 Å². The standard InChI is InChI=1S/C14H13BrN2O2/c1-10-4-2-3-5-13(10)17-14(18)9-19-12-6-11(15)7-16-8-12/h2-8H,9H2,1H3,(H,17,18). The number of carbonyl (C=O) groups is 1. The minimum absolute atomic E-state index is 0.0491. The van der Waals surface area contributed by atoms with Gasteiger partial charge in [-0.3, -0.25) is 9.78 Å². The Balaban J connectivity index is 1.90. The zero-order valence-corrected chi connectivity index (χ0v) is 12.0. The summed E-state index contributed by atoms with van der Waals surface area (Å²) in [5.41, 5.74) is 1.81. The van der Waals surface area contributed by atoms with Crippen LogP contribution < -0.4 is 10.1 Å². The van der Waals surface area contributed by atoms with Gasteiger partial charge in [-0.15, -0.1) is 0 Å². The number of ether oxygens (including phenoxy) is 1. The number of carbonyl (C=O) groups excluding carboxylic acids is 1. The van der Waals surface area contributed by atoms with E-state index in [1.54, 1.807) is 18.5 Å². The summed E-state index contributed by atoms with van der Waals surface area (Å²) in [5, 5.41) is 2.80. The fourth-order valence-corrected chi connectivity index (χ4v) is 1.86. The van der Waals surface area contributed by atoms with E-state index in [4.69, 9.17) is 4.74 Å². The highest BCUT2D eigenvalue weighted by Gasteiger charge is 2.05. The van der Waals surface area contributed by atoms with Crippen molar-refractivity contribution in [3.63, 3.8) is 0 Å². The second kappa shape index (κ2) is 6.33. The number of benzene rings is 1. The maximum atomic E-state index is 11.8. The van der Waals surface area contributed by atoms with Gasteiger partial charge in [0.05, 0.1) is 6.20 Å². The van der Waals surface area contributed by atoms with Crippen LogP contribution in [-0.4, -0.2) is 17.5 Å². The Kier molecular flexibility index (Phi) is 4.52. The molecule has 1 heterocycles. The maximum Gasteiger partial charge on any atom is 0.262 e. The third-order valence-corrected chi connectivity index (χ3v) is 2.90.